The third-order valence-corrected chi connectivity index (χ3v) is 7.62. The first-order valence-electron chi connectivity index (χ1n) is 15.3. The minimum atomic E-state index is -1.10. The first-order valence-corrected chi connectivity index (χ1v) is 15.3. The van der Waals surface area contributed by atoms with Crippen LogP contribution in [-0.2, 0) is 23.8 Å². The van der Waals surface area contributed by atoms with Gasteiger partial charge in [0.15, 0.2) is 0 Å². The van der Waals surface area contributed by atoms with Crippen molar-refractivity contribution < 1.29 is 43.0 Å². The fourth-order valence-electron chi connectivity index (χ4n) is 5.70. The number of hydrogen-bond acceptors (Lipinski definition) is 8. The van der Waals surface area contributed by atoms with E-state index >= 15 is 0 Å². The molecule has 1 saturated heterocycles. The van der Waals surface area contributed by atoms with Crippen LogP contribution in [0.25, 0.3) is 0 Å². The van der Waals surface area contributed by atoms with Crippen LogP contribution < -0.4 is 5.32 Å². The van der Waals surface area contributed by atoms with Crippen molar-refractivity contribution >= 4 is 24.0 Å². The molecule has 1 unspecified atom stereocenters. The standard InChI is InChI=1S/C33H46N2O8/c1-8-41-30(38)26-24(14-12-13-21(3)4)34-28(35(19-10-11-20-35)32(40)43-33(5,6)7)27(31(39)42-9-2)25(26)22-15-17-23(18-16-22)29(36)37/h15-18,21,25H,8-14,19-20H2,1-7H3,(H-,34,36,37,38,39)/p+1. The van der Waals surface area contributed by atoms with Crippen LogP contribution in [0.2, 0.25) is 0 Å². The summed E-state index contributed by atoms with van der Waals surface area (Å²) in [6.45, 7) is 14.1. The maximum Gasteiger partial charge on any atom is 0.523 e. The highest BCUT2D eigenvalue weighted by molar-refractivity contribution is 6.00. The number of hydrogen-bond donors (Lipinski definition) is 2. The summed E-state index contributed by atoms with van der Waals surface area (Å²) in [7, 11) is 0. The highest BCUT2D eigenvalue weighted by Crippen LogP contribution is 2.44. The molecule has 0 radical (unpaired) electrons. The van der Waals surface area contributed by atoms with Gasteiger partial charge in [-0.2, -0.15) is 9.28 Å². The van der Waals surface area contributed by atoms with E-state index in [2.05, 4.69) is 19.2 Å². The highest BCUT2D eigenvalue weighted by Gasteiger charge is 2.54. The van der Waals surface area contributed by atoms with Gasteiger partial charge in [0, 0.05) is 18.5 Å². The van der Waals surface area contributed by atoms with Crippen molar-refractivity contribution in [2.45, 2.75) is 92.1 Å². The van der Waals surface area contributed by atoms with Gasteiger partial charge in [-0.3, -0.25) is 0 Å². The van der Waals surface area contributed by atoms with E-state index in [0.717, 1.165) is 25.7 Å². The molecule has 2 aliphatic rings. The second kappa shape index (κ2) is 14.2. The molecule has 0 bridgehead atoms. The van der Waals surface area contributed by atoms with Crippen molar-refractivity contribution in [3.8, 4) is 0 Å². The van der Waals surface area contributed by atoms with Gasteiger partial charge in [-0.15, -0.1) is 0 Å². The van der Waals surface area contributed by atoms with Crippen LogP contribution in [0.5, 0.6) is 0 Å². The lowest BCUT2D eigenvalue weighted by Crippen LogP contribution is -2.57. The molecule has 2 aliphatic heterocycles. The van der Waals surface area contributed by atoms with Gasteiger partial charge >= 0.3 is 24.0 Å². The number of aromatic carboxylic acids is 1. The van der Waals surface area contributed by atoms with E-state index in [-0.39, 0.29) is 34.4 Å². The van der Waals surface area contributed by atoms with Gasteiger partial charge in [0.1, 0.15) is 11.2 Å². The van der Waals surface area contributed by atoms with Crippen LogP contribution in [-0.4, -0.2) is 65.5 Å². The molecule has 236 valence electrons. The molecule has 1 amide bonds. The van der Waals surface area contributed by atoms with Crippen LogP contribution in [0.1, 0.15) is 102 Å². The molecular formula is C33H47N2O8+. The Hall–Kier alpha value is -3.66. The lowest BCUT2D eigenvalue weighted by Gasteiger charge is -2.39. The summed E-state index contributed by atoms with van der Waals surface area (Å²) in [6.07, 6.45) is 3.10. The van der Waals surface area contributed by atoms with Crippen molar-refractivity contribution in [3.63, 3.8) is 0 Å². The predicted octanol–water partition coefficient (Wildman–Crippen LogP) is 6.04. The van der Waals surface area contributed by atoms with E-state index in [1.165, 1.54) is 12.1 Å². The van der Waals surface area contributed by atoms with E-state index in [4.69, 9.17) is 14.2 Å². The Morgan fingerprint density at radius 1 is 0.953 bits per heavy atom. The van der Waals surface area contributed by atoms with Crippen LogP contribution in [0.4, 0.5) is 4.79 Å². The lowest BCUT2D eigenvalue weighted by atomic mass is 9.79. The number of amides is 1. The molecule has 0 saturated carbocycles. The molecule has 1 aromatic rings. The lowest BCUT2D eigenvalue weighted by molar-refractivity contribution is -0.811. The second-order valence-corrected chi connectivity index (χ2v) is 12.5. The Kier molecular flexibility index (Phi) is 11.2. The van der Waals surface area contributed by atoms with Crippen molar-refractivity contribution in [1.82, 2.24) is 5.32 Å². The summed E-state index contributed by atoms with van der Waals surface area (Å²) in [4.78, 5) is 53.4. The summed E-state index contributed by atoms with van der Waals surface area (Å²) in [5.74, 6) is -2.56. The van der Waals surface area contributed by atoms with Crippen molar-refractivity contribution in [1.29, 1.82) is 0 Å². The average molecular weight is 600 g/mol. The largest absolute Gasteiger partial charge is 0.523 e. The monoisotopic (exact) mass is 599 g/mol. The fraction of sp³-hybridized carbons (Fsp3) is 0.576. The highest BCUT2D eigenvalue weighted by atomic mass is 16.6. The summed E-state index contributed by atoms with van der Waals surface area (Å²) in [6, 6.07) is 6.08. The number of ether oxygens (including phenoxy) is 3. The first-order chi connectivity index (χ1) is 20.3. The number of benzene rings is 1. The van der Waals surface area contributed by atoms with Gasteiger partial charge < -0.3 is 24.6 Å². The fourth-order valence-corrected chi connectivity index (χ4v) is 5.70. The van der Waals surface area contributed by atoms with Gasteiger partial charge in [-0.1, -0.05) is 32.4 Å². The number of carboxylic acids is 1. The van der Waals surface area contributed by atoms with Crippen LogP contribution >= 0.6 is 0 Å². The summed E-state index contributed by atoms with van der Waals surface area (Å²) in [5.41, 5.74) is 0.744. The summed E-state index contributed by atoms with van der Waals surface area (Å²) >= 11 is 0. The van der Waals surface area contributed by atoms with E-state index in [1.54, 1.807) is 46.8 Å². The van der Waals surface area contributed by atoms with Crippen LogP contribution in [0, 0.1) is 5.92 Å². The van der Waals surface area contributed by atoms with Gasteiger partial charge in [-0.05, 0) is 71.1 Å². The van der Waals surface area contributed by atoms with Crippen molar-refractivity contribution in [2.24, 2.45) is 5.92 Å². The molecule has 0 aliphatic carbocycles. The third kappa shape index (κ3) is 7.84. The molecule has 3 rings (SSSR count). The minimum Gasteiger partial charge on any atom is -0.478 e. The molecule has 1 fully saturated rings. The summed E-state index contributed by atoms with van der Waals surface area (Å²) < 4.78 is 16.8. The molecule has 2 heterocycles. The average Bonchev–Trinajstić information content (AvgIpc) is 3.43. The normalized spacial score (nSPS) is 18.4. The number of nitrogens with one attached hydrogen (secondary N) is 1. The van der Waals surface area contributed by atoms with E-state index < -0.39 is 35.5 Å². The maximum absolute atomic E-state index is 14.0. The van der Waals surface area contributed by atoms with Gasteiger partial charge in [0.2, 0.25) is 5.82 Å². The Bertz CT molecular complexity index is 1260. The summed E-state index contributed by atoms with van der Waals surface area (Å²) in [5, 5.41) is 13.0. The number of carboxylic acid groups (broad SMARTS) is 1. The van der Waals surface area contributed by atoms with Crippen molar-refractivity contribution in [2.75, 3.05) is 26.3 Å². The van der Waals surface area contributed by atoms with E-state index in [1.807, 2.05) is 0 Å². The Morgan fingerprint density at radius 2 is 1.51 bits per heavy atom. The third-order valence-electron chi connectivity index (χ3n) is 7.62. The number of carbonyl (C=O) groups is 4. The topological polar surface area (TPSA) is 128 Å². The molecule has 43 heavy (non-hydrogen) atoms. The van der Waals surface area contributed by atoms with Gasteiger partial charge in [0.05, 0.1) is 43.4 Å². The zero-order valence-corrected chi connectivity index (χ0v) is 26.6. The number of rotatable bonds is 11. The number of esters is 2. The number of carbonyl (C=O) groups excluding carboxylic acids is 3. The van der Waals surface area contributed by atoms with Crippen molar-refractivity contribution in [3.05, 3.63) is 58.1 Å². The Morgan fingerprint density at radius 3 is 2.00 bits per heavy atom. The van der Waals surface area contributed by atoms with Crippen LogP contribution in [0.3, 0.4) is 0 Å². The van der Waals surface area contributed by atoms with Crippen LogP contribution in [0.15, 0.2) is 46.9 Å². The second-order valence-electron chi connectivity index (χ2n) is 12.5. The van der Waals surface area contributed by atoms with Gasteiger partial charge in [-0.25, -0.2) is 14.4 Å². The Balaban J connectivity index is 2.39. The number of quaternary nitrogens is 1. The van der Waals surface area contributed by atoms with E-state index in [9.17, 15) is 24.3 Å². The molecule has 0 spiro atoms. The predicted molar refractivity (Wildman–Crippen MR) is 161 cm³/mol. The zero-order valence-electron chi connectivity index (χ0n) is 26.6. The molecule has 10 heteroatoms. The SMILES string of the molecule is CCOC(=O)C1=C(CCCC(C)C)NC([N+]2(C(=O)OC(C)(C)C)CCCC2)=C(C(=O)OCC)C1c1ccc(C(=O)O)cc1. The Labute approximate surface area is 254 Å². The quantitative estimate of drug-likeness (QED) is 0.178. The minimum absolute atomic E-state index is 0.0650. The number of dihydropyridines is 1. The number of allylic oxidation sites excluding steroid dienone is 1. The zero-order chi connectivity index (χ0) is 31.9. The molecule has 1 atom stereocenters. The number of likely N-dealkylation sites (tertiary alicyclic amines) is 1. The van der Waals surface area contributed by atoms with E-state index in [0.29, 0.717) is 42.5 Å². The van der Waals surface area contributed by atoms with Gasteiger partial charge in [0.25, 0.3) is 0 Å². The maximum atomic E-state index is 14.0. The molecule has 0 aromatic heterocycles. The smallest absolute Gasteiger partial charge is 0.478 e. The molecular weight excluding hydrogens is 552 g/mol. The number of nitrogens with zero attached hydrogens (tertiary/aromatic N) is 1. The molecule has 1 aromatic carbocycles. The molecule has 10 nitrogen and oxygen atoms in total. The molecule has 2 N–H and O–H groups in total. The first kappa shape index (κ1) is 33.8.